The lowest BCUT2D eigenvalue weighted by Gasteiger charge is -2.19. The lowest BCUT2D eigenvalue weighted by molar-refractivity contribution is 0.0975. The molecule has 0 saturated heterocycles. The molecule has 2 aromatic rings. The van der Waals surface area contributed by atoms with E-state index >= 15 is 0 Å². The van der Waals surface area contributed by atoms with Gasteiger partial charge in [-0.3, -0.25) is 10.1 Å². The normalized spacial score (nSPS) is 12.2. The summed E-state index contributed by atoms with van der Waals surface area (Å²) in [6.07, 6.45) is 0. The minimum absolute atomic E-state index is 0.142. The van der Waals surface area contributed by atoms with E-state index in [-0.39, 0.29) is 5.11 Å². The summed E-state index contributed by atoms with van der Waals surface area (Å²) in [6.45, 7) is 1.02. The summed E-state index contributed by atoms with van der Waals surface area (Å²) in [5.41, 5.74) is 0.967. The maximum atomic E-state index is 12.4. The molecule has 1 amide bonds. The number of carbonyl (C=O) groups excluding carboxylic acids is 1. The first kappa shape index (κ1) is 17.3. The van der Waals surface area contributed by atoms with Crippen molar-refractivity contribution in [3.63, 3.8) is 0 Å². The van der Waals surface area contributed by atoms with Crippen LogP contribution in [0, 0.1) is 0 Å². The second kappa shape index (κ2) is 7.58. The zero-order chi connectivity index (χ0) is 17.8. The molecule has 25 heavy (non-hydrogen) atoms. The maximum absolute atomic E-state index is 12.4. The van der Waals surface area contributed by atoms with E-state index in [0.29, 0.717) is 46.7 Å². The Morgan fingerprint density at radius 2 is 1.92 bits per heavy atom. The Morgan fingerprint density at radius 3 is 2.68 bits per heavy atom. The van der Waals surface area contributed by atoms with Crippen LogP contribution in [0.1, 0.15) is 10.4 Å². The average Bonchev–Trinajstić information content (AvgIpc) is 2.61. The summed E-state index contributed by atoms with van der Waals surface area (Å²) in [4.78, 5) is 12.4. The second-order valence-electron chi connectivity index (χ2n) is 5.11. The van der Waals surface area contributed by atoms with Crippen LogP contribution >= 0.6 is 23.8 Å². The number of hydrogen-bond donors (Lipinski definition) is 2. The molecular weight excluding hydrogens is 364 g/mol. The maximum Gasteiger partial charge on any atom is 0.261 e. The van der Waals surface area contributed by atoms with Crippen molar-refractivity contribution in [2.45, 2.75) is 0 Å². The van der Waals surface area contributed by atoms with Crippen molar-refractivity contribution in [1.29, 1.82) is 0 Å². The van der Waals surface area contributed by atoms with Gasteiger partial charge in [-0.2, -0.15) is 0 Å². The number of rotatable bonds is 3. The third-order valence-electron chi connectivity index (χ3n) is 3.43. The summed E-state index contributed by atoms with van der Waals surface area (Å²) in [5, 5.41) is 6.10. The van der Waals surface area contributed by atoms with Crippen LogP contribution in [0.3, 0.4) is 0 Å². The number of halogens is 1. The van der Waals surface area contributed by atoms with E-state index in [1.807, 2.05) is 0 Å². The predicted octanol–water partition coefficient (Wildman–Crippen LogP) is 3.25. The zero-order valence-corrected chi connectivity index (χ0v) is 14.9. The number of anilines is 1. The zero-order valence-electron chi connectivity index (χ0n) is 13.3. The molecule has 0 aliphatic carbocycles. The molecule has 6 nitrogen and oxygen atoms in total. The van der Waals surface area contributed by atoms with Gasteiger partial charge in [0.1, 0.15) is 19.0 Å². The van der Waals surface area contributed by atoms with Gasteiger partial charge in [0, 0.05) is 16.8 Å². The lowest BCUT2D eigenvalue weighted by Crippen LogP contribution is -2.34. The molecule has 3 rings (SSSR count). The highest BCUT2D eigenvalue weighted by Crippen LogP contribution is 2.32. The largest absolute Gasteiger partial charge is 0.496 e. The van der Waals surface area contributed by atoms with Crippen molar-refractivity contribution < 1.29 is 19.0 Å². The summed E-state index contributed by atoms with van der Waals surface area (Å²) >= 11 is 11.1. The van der Waals surface area contributed by atoms with Gasteiger partial charge in [-0.05, 0) is 42.5 Å². The Hall–Kier alpha value is -2.51. The number of thiocarbonyl (C=S) groups is 1. The number of methoxy groups -OCH3 is 1. The highest BCUT2D eigenvalue weighted by Gasteiger charge is 2.16. The second-order valence-corrected chi connectivity index (χ2v) is 5.96. The van der Waals surface area contributed by atoms with Crippen molar-refractivity contribution in [2.75, 3.05) is 25.6 Å². The van der Waals surface area contributed by atoms with Crippen LogP contribution in [0.2, 0.25) is 5.02 Å². The topological polar surface area (TPSA) is 68.8 Å². The van der Waals surface area contributed by atoms with Crippen LogP contribution in [0.4, 0.5) is 5.69 Å². The molecule has 8 heteroatoms. The minimum atomic E-state index is -0.422. The van der Waals surface area contributed by atoms with E-state index in [1.165, 1.54) is 13.2 Å². The fraction of sp³-hybridized carbons (Fsp3) is 0.176. The molecule has 0 fully saturated rings. The molecular formula is C17H15ClN2O4S. The van der Waals surface area contributed by atoms with E-state index in [9.17, 15) is 4.79 Å². The van der Waals surface area contributed by atoms with Gasteiger partial charge in [0.05, 0.1) is 12.7 Å². The van der Waals surface area contributed by atoms with E-state index in [0.717, 1.165) is 0 Å². The van der Waals surface area contributed by atoms with Gasteiger partial charge < -0.3 is 19.5 Å². The van der Waals surface area contributed by atoms with Crippen LogP contribution in [0.5, 0.6) is 17.2 Å². The summed E-state index contributed by atoms with van der Waals surface area (Å²) in [7, 11) is 1.48. The van der Waals surface area contributed by atoms with Crippen LogP contribution < -0.4 is 24.8 Å². The van der Waals surface area contributed by atoms with Crippen molar-refractivity contribution >= 4 is 40.5 Å². The first-order valence-electron chi connectivity index (χ1n) is 7.42. The SMILES string of the molecule is COc1ccc(Cl)cc1C(=O)NC(=S)Nc1ccc2c(c1)OCCO2. The summed E-state index contributed by atoms with van der Waals surface area (Å²) < 4.78 is 16.1. The van der Waals surface area contributed by atoms with Crippen molar-refractivity contribution in [2.24, 2.45) is 0 Å². The number of ether oxygens (including phenoxy) is 3. The quantitative estimate of drug-likeness (QED) is 0.799. The lowest BCUT2D eigenvalue weighted by atomic mass is 10.2. The molecule has 0 spiro atoms. The Morgan fingerprint density at radius 1 is 1.16 bits per heavy atom. The van der Waals surface area contributed by atoms with E-state index in [2.05, 4.69) is 10.6 Å². The Labute approximate surface area is 155 Å². The summed E-state index contributed by atoms with van der Waals surface area (Å²) in [6, 6.07) is 10.1. The molecule has 0 aromatic heterocycles. The molecule has 130 valence electrons. The van der Waals surface area contributed by atoms with Crippen LogP contribution in [0.25, 0.3) is 0 Å². The van der Waals surface area contributed by atoms with Crippen LogP contribution in [-0.4, -0.2) is 31.3 Å². The molecule has 1 aliphatic heterocycles. The summed E-state index contributed by atoms with van der Waals surface area (Å²) in [5.74, 6) is 1.29. The number of amides is 1. The first-order chi connectivity index (χ1) is 12.1. The third kappa shape index (κ3) is 4.12. The molecule has 0 atom stereocenters. The van der Waals surface area contributed by atoms with Gasteiger partial charge in [0.25, 0.3) is 5.91 Å². The Bertz CT molecular complexity index is 828. The average molecular weight is 379 g/mol. The number of benzene rings is 2. The molecule has 0 bridgehead atoms. The van der Waals surface area contributed by atoms with Crippen molar-refractivity contribution in [3.05, 3.63) is 47.0 Å². The smallest absolute Gasteiger partial charge is 0.261 e. The molecule has 0 unspecified atom stereocenters. The monoisotopic (exact) mass is 378 g/mol. The first-order valence-corrected chi connectivity index (χ1v) is 8.21. The molecule has 2 N–H and O–H groups in total. The minimum Gasteiger partial charge on any atom is -0.496 e. The highest BCUT2D eigenvalue weighted by molar-refractivity contribution is 7.80. The van der Waals surface area contributed by atoms with Gasteiger partial charge in [-0.1, -0.05) is 11.6 Å². The van der Waals surface area contributed by atoms with Gasteiger partial charge in [-0.25, -0.2) is 0 Å². The molecule has 2 aromatic carbocycles. The standard InChI is InChI=1S/C17H15ClN2O4S/c1-22-13-4-2-10(18)8-12(13)16(21)20-17(25)19-11-3-5-14-15(9-11)24-7-6-23-14/h2-5,8-9H,6-7H2,1H3,(H2,19,20,21,25). The van der Waals surface area contributed by atoms with E-state index in [1.54, 1.807) is 30.3 Å². The van der Waals surface area contributed by atoms with Crippen molar-refractivity contribution in [1.82, 2.24) is 5.32 Å². The molecule has 1 heterocycles. The van der Waals surface area contributed by atoms with Gasteiger partial charge >= 0.3 is 0 Å². The van der Waals surface area contributed by atoms with Gasteiger partial charge in [0.15, 0.2) is 16.6 Å². The predicted molar refractivity (Wildman–Crippen MR) is 99.1 cm³/mol. The highest BCUT2D eigenvalue weighted by atomic mass is 35.5. The van der Waals surface area contributed by atoms with Gasteiger partial charge in [0.2, 0.25) is 0 Å². The van der Waals surface area contributed by atoms with Crippen LogP contribution in [0.15, 0.2) is 36.4 Å². The van der Waals surface area contributed by atoms with Crippen LogP contribution in [-0.2, 0) is 0 Å². The molecule has 0 radical (unpaired) electrons. The van der Waals surface area contributed by atoms with E-state index in [4.69, 9.17) is 38.0 Å². The third-order valence-corrected chi connectivity index (χ3v) is 3.87. The molecule has 1 aliphatic rings. The number of hydrogen-bond acceptors (Lipinski definition) is 5. The Kier molecular flexibility index (Phi) is 5.25. The molecule has 0 saturated carbocycles. The van der Waals surface area contributed by atoms with E-state index < -0.39 is 5.91 Å². The number of nitrogens with one attached hydrogen (secondary N) is 2. The van der Waals surface area contributed by atoms with Gasteiger partial charge in [-0.15, -0.1) is 0 Å². The Balaban J connectivity index is 1.68. The fourth-order valence-electron chi connectivity index (χ4n) is 2.31. The fourth-order valence-corrected chi connectivity index (χ4v) is 2.69. The van der Waals surface area contributed by atoms with Crippen molar-refractivity contribution in [3.8, 4) is 17.2 Å². The number of fused-ring (bicyclic) bond motifs is 1. The number of carbonyl (C=O) groups is 1.